The zero-order valence-electron chi connectivity index (χ0n) is 17.0. The lowest BCUT2D eigenvalue weighted by molar-refractivity contribution is -0.0175. The minimum Gasteiger partial charge on any atom is -0.370 e. The summed E-state index contributed by atoms with van der Waals surface area (Å²) >= 11 is 0. The van der Waals surface area contributed by atoms with Crippen molar-refractivity contribution in [3.8, 4) is 0 Å². The van der Waals surface area contributed by atoms with E-state index in [0.717, 1.165) is 5.56 Å². The van der Waals surface area contributed by atoms with Crippen molar-refractivity contribution in [1.82, 2.24) is 29.3 Å². The van der Waals surface area contributed by atoms with E-state index in [1.165, 1.54) is 5.56 Å². The average Bonchev–Trinajstić information content (AvgIpc) is 3.49. The predicted molar refractivity (Wildman–Crippen MR) is 110 cm³/mol. The second-order valence-corrected chi connectivity index (χ2v) is 8.07. The van der Waals surface area contributed by atoms with E-state index in [2.05, 4.69) is 60.3 Å². The van der Waals surface area contributed by atoms with Crippen LogP contribution in [-0.2, 0) is 22.5 Å². The van der Waals surface area contributed by atoms with E-state index in [9.17, 15) is 0 Å². The molecule has 4 rings (SSSR count). The van der Waals surface area contributed by atoms with Crippen LogP contribution in [-0.4, -0.2) is 35.9 Å². The lowest BCUT2D eigenvalue weighted by Crippen LogP contribution is -2.52. The van der Waals surface area contributed by atoms with Crippen LogP contribution in [0, 0.1) is 0 Å². The first-order valence-corrected chi connectivity index (χ1v) is 9.68. The van der Waals surface area contributed by atoms with Gasteiger partial charge in [-0.15, -0.1) is 0 Å². The van der Waals surface area contributed by atoms with Crippen LogP contribution in [0.15, 0.2) is 79.6 Å². The molecule has 0 N–H and O–H groups in total. The van der Waals surface area contributed by atoms with Crippen LogP contribution < -0.4 is 0 Å². The third-order valence-corrected chi connectivity index (χ3v) is 5.00. The van der Waals surface area contributed by atoms with Crippen LogP contribution in [0.3, 0.4) is 0 Å². The molecule has 0 radical (unpaired) electrons. The third-order valence-electron chi connectivity index (χ3n) is 5.00. The molecule has 0 aliphatic heterocycles. The molecular formula is C22H26N6O. The number of hydrogen-bond acceptors (Lipinski definition) is 4. The molecule has 3 heterocycles. The number of benzene rings is 1. The van der Waals surface area contributed by atoms with E-state index in [1.807, 2.05) is 50.8 Å². The molecule has 0 atom stereocenters. The summed E-state index contributed by atoms with van der Waals surface area (Å²) in [6.45, 7) is 7.43. The Balaban J connectivity index is 1.60. The highest BCUT2D eigenvalue weighted by molar-refractivity contribution is 5.27. The van der Waals surface area contributed by atoms with Gasteiger partial charge in [0.25, 0.3) is 5.79 Å². The van der Waals surface area contributed by atoms with Crippen molar-refractivity contribution < 1.29 is 4.74 Å². The van der Waals surface area contributed by atoms with Gasteiger partial charge in [0.1, 0.15) is 6.61 Å². The second kappa shape index (κ2) is 7.67. The lowest BCUT2D eigenvalue weighted by Gasteiger charge is -2.34. The molecular weight excluding hydrogens is 364 g/mol. The van der Waals surface area contributed by atoms with Crippen molar-refractivity contribution in [3.05, 3.63) is 90.8 Å². The Morgan fingerprint density at radius 3 is 1.62 bits per heavy atom. The molecule has 0 saturated heterocycles. The van der Waals surface area contributed by atoms with Crippen LogP contribution in [0.5, 0.6) is 0 Å². The van der Waals surface area contributed by atoms with Gasteiger partial charge in [0.2, 0.25) is 0 Å². The van der Waals surface area contributed by atoms with E-state index in [4.69, 9.17) is 4.74 Å². The van der Waals surface area contributed by atoms with Crippen LogP contribution in [0.2, 0.25) is 0 Å². The molecule has 7 heteroatoms. The van der Waals surface area contributed by atoms with Crippen LogP contribution in [0.1, 0.15) is 31.9 Å². The highest BCUT2D eigenvalue weighted by Crippen LogP contribution is 2.24. The van der Waals surface area contributed by atoms with Gasteiger partial charge in [-0.25, -0.2) is 14.0 Å². The van der Waals surface area contributed by atoms with Crippen LogP contribution in [0.25, 0.3) is 0 Å². The fourth-order valence-electron chi connectivity index (χ4n) is 3.36. The maximum atomic E-state index is 6.20. The van der Waals surface area contributed by atoms with Crippen molar-refractivity contribution in [3.63, 3.8) is 0 Å². The largest absolute Gasteiger partial charge is 0.370 e. The molecule has 0 aliphatic rings. The third kappa shape index (κ3) is 3.73. The number of ether oxygens (including phenoxy) is 1. The van der Waals surface area contributed by atoms with Gasteiger partial charge in [0.15, 0.2) is 0 Å². The standard InChI is InChI=1S/C22H26N6O/c1-21(2,3)20-9-7-19(8-10-20)17-29-18-22(26-14-4-11-23-26,27-15-5-12-24-27)28-16-6-13-25-28/h4-16H,17-18H2,1-3H3. The van der Waals surface area contributed by atoms with Gasteiger partial charge in [-0.3, -0.25) is 0 Å². The molecule has 0 spiro atoms. The van der Waals surface area contributed by atoms with Crippen molar-refractivity contribution in [2.24, 2.45) is 0 Å². The maximum Gasteiger partial charge on any atom is 0.273 e. The van der Waals surface area contributed by atoms with Gasteiger partial charge in [-0.05, 0) is 34.7 Å². The maximum absolute atomic E-state index is 6.20. The smallest absolute Gasteiger partial charge is 0.273 e. The number of hydrogen-bond donors (Lipinski definition) is 0. The molecule has 4 aromatic rings. The van der Waals surface area contributed by atoms with Gasteiger partial charge in [0.05, 0.1) is 6.61 Å². The Labute approximate surface area is 170 Å². The van der Waals surface area contributed by atoms with Crippen LogP contribution in [0.4, 0.5) is 0 Å². The molecule has 1 aromatic carbocycles. The van der Waals surface area contributed by atoms with E-state index in [1.54, 1.807) is 18.6 Å². The van der Waals surface area contributed by atoms with Crippen molar-refractivity contribution >= 4 is 0 Å². The van der Waals surface area contributed by atoms with Crippen LogP contribution >= 0.6 is 0 Å². The summed E-state index contributed by atoms with van der Waals surface area (Å²) in [5, 5.41) is 13.4. The molecule has 29 heavy (non-hydrogen) atoms. The Bertz CT molecular complexity index is 912. The second-order valence-electron chi connectivity index (χ2n) is 8.07. The monoisotopic (exact) mass is 390 g/mol. The normalized spacial score (nSPS) is 12.4. The SMILES string of the molecule is CC(C)(C)c1ccc(COCC(n2cccn2)(n2cccn2)n2cccn2)cc1. The summed E-state index contributed by atoms with van der Waals surface area (Å²) in [4.78, 5) is 0. The number of nitrogens with zero attached hydrogens (tertiary/aromatic N) is 6. The minimum absolute atomic E-state index is 0.134. The predicted octanol–water partition coefficient (Wildman–Crippen LogP) is 3.50. The topological polar surface area (TPSA) is 62.7 Å². The first-order valence-electron chi connectivity index (χ1n) is 9.68. The molecule has 150 valence electrons. The average molecular weight is 390 g/mol. The molecule has 0 aliphatic carbocycles. The molecule has 0 bridgehead atoms. The van der Waals surface area contributed by atoms with Crippen molar-refractivity contribution in [1.29, 1.82) is 0 Å². The van der Waals surface area contributed by atoms with E-state index < -0.39 is 5.79 Å². The Morgan fingerprint density at radius 1 is 0.759 bits per heavy atom. The number of rotatable bonds is 7. The summed E-state index contributed by atoms with van der Waals surface area (Å²) in [5.74, 6) is -0.873. The molecule has 0 saturated carbocycles. The Hall–Kier alpha value is -3.19. The molecule has 3 aromatic heterocycles. The summed E-state index contributed by atoms with van der Waals surface area (Å²) in [6.07, 6.45) is 10.9. The first-order chi connectivity index (χ1) is 14.0. The van der Waals surface area contributed by atoms with Gasteiger partial charge < -0.3 is 4.74 Å². The molecule has 7 nitrogen and oxygen atoms in total. The summed E-state index contributed by atoms with van der Waals surface area (Å²) in [5.41, 5.74) is 2.56. The van der Waals surface area contributed by atoms with Gasteiger partial charge in [-0.1, -0.05) is 45.0 Å². The molecule has 0 unspecified atom stereocenters. The Kier molecular flexibility index (Phi) is 5.07. The minimum atomic E-state index is -0.873. The number of aromatic nitrogens is 6. The van der Waals surface area contributed by atoms with E-state index in [0.29, 0.717) is 13.2 Å². The summed E-state index contributed by atoms with van der Waals surface area (Å²) in [6, 6.07) is 14.2. The van der Waals surface area contributed by atoms with Crippen molar-refractivity contribution in [2.45, 2.75) is 38.6 Å². The Morgan fingerprint density at radius 2 is 1.24 bits per heavy atom. The van der Waals surface area contributed by atoms with E-state index in [-0.39, 0.29) is 5.41 Å². The fraction of sp³-hybridized carbons (Fsp3) is 0.318. The van der Waals surface area contributed by atoms with Crippen molar-refractivity contribution in [2.75, 3.05) is 6.61 Å². The summed E-state index contributed by atoms with van der Waals surface area (Å²) < 4.78 is 11.6. The lowest BCUT2D eigenvalue weighted by atomic mass is 9.87. The highest BCUT2D eigenvalue weighted by Gasteiger charge is 2.39. The molecule has 0 fully saturated rings. The zero-order chi connectivity index (χ0) is 20.3. The summed E-state index contributed by atoms with van der Waals surface area (Å²) in [7, 11) is 0. The quantitative estimate of drug-likeness (QED) is 0.485. The van der Waals surface area contributed by atoms with Gasteiger partial charge >= 0.3 is 0 Å². The van der Waals surface area contributed by atoms with Gasteiger partial charge in [0, 0.05) is 37.2 Å². The highest BCUT2D eigenvalue weighted by atomic mass is 16.5. The molecule has 0 amide bonds. The van der Waals surface area contributed by atoms with Gasteiger partial charge in [-0.2, -0.15) is 15.3 Å². The first kappa shape index (κ1) is 19.1. The zero-order valence-corrected chi connectivity index (χ0v) is 17.0. The fourth-order valence-corrected chi connectivity index (χ4v) is 3.36. The van der Waals surface area contributed by atoms with E-state index >= 15 is 0 Å².